The molecule has 1 aromatic carbocycles. The summed E-state index contributed by atoms with van der Waals surface area (Å²) in [6.45, 7) is 6.97. The second kappa shape index (κ2) is 7.08. The molecule has 0 saturated heterocycles. The third-order valence-corrected chi connectivity index (χ3v) is 2.54. The molecule has 0 heterocycles. The van der Waals surface area contributed by atoms with E-state index >= 15 is 0 Å². The van der Waals surface area contributed by atoms with Crippen molar-refractivity contribution < 1.29 is 19.1 Å². The van der Waals surface area contributed by atoms with Crippen molar-refractivity contribution in [3.8, 4) is 0 Å². The van der Waals surface area contributed by atoms with Gasteiger partial charge in [-0.1, -0.05) is 12.1 Å². The predicted molar refractivity (Wildman–Crippen MR) is 81.4 cm³/mol. The van der Waals surface area contributed by atoms with Crippen LogP contribution in [0.4, 0.5) is 16.2 Å². The van der Waals surface area contributed by atoms with E-state index in [4.69, 9.17) is 9.47 Å². The zero-order valence-electron chi connectivity index (χ0n) is 13.0. The van der Waals surface area contributed by atoms with Crippen LogP contribution in [0.2, 0.25) is 0 Å². The van der Waals surface area contributed by atoms with Crippen LogP contribution < -0.4 is 10.6 Å². The molecule has 2 N–H and O–H groups in total. The summed E-state index contributed by atoms with van der Waals surface area (Å²) >= 11 is 0. The number of nitrogens with one attached hydrogen (secondary N) is 2. The lowest BCUT2D eigenvalue weighted by atomic mass is 10.2. The molecule has 116 valence electrons. The summed E-state index contributed by atoms with van der Waals surface area (Å²) in [5.41, 5.74) is 0.355. The zero-order chi connectivity index (χ0) is 16.0. The molecule has 21 heavy (non-hydrogen) atoms. The summed E-state index contributed by atoms with van der Waals surface area (Å²) < 4.78 is 10.1. The summed E-state index contributed by atoms with van der Waals surface area (Å²) in [6, 6.07) is 6.87. The van der Waals surface area contributed by atoms with Crippen LogP contribution in [0.5, 0.6) is 0 Å². The highest BCUT2D eigenvalue weighted by Crippen LogP contribution is 2.22. The van der Waals surface area contributed by atoms with Crippen LogP contribution in [0.25, 0.3) is 0 Å². The number of hydrogen-bond acceptors (Lipinski definition) is 4. The van der Waals surface area contributed by atoms with Gasteiger partial charge in [0.2, 0.25) is 0 Å². The molecule has 6 nitrogen and oxygen atoms in total. The molecule has 1 atom stereocenters. The predicted octanol–water partition coefficient (Wildman–Crippen LogP) is 3.01. The van der Waals surface area contributed by atoms with Crippen molar-refractivity contribution >= 4 is 23.4 Å². The molecule has 1 aromatic rings. The Morgan fingerprint density at radius 3 is 2.10 bits per heavy atom. The first-order valence-corrected chi connectivity index (χ1v) is 6.65. The fourth-order valence-electron chi connectivity index (χ4n) is 1.46. The van der Waals surface area contributed by atoms with Gasteiger partial charge >= 0.3 is 6.09 Å². The summed E-state index contributed by atoms with van der Waals surface area (Å²) in [5, 5.41) is 5.31. The number of hydrogen-bond donors (Lipinski definition) is 2. The Bertz CT molecular complexity index is 509. The van der Waals surface area contributed by atoms with Crippen molar-refractivity contribution in [2.45, 2.75) is 39.4 Å². The van der Waals surface area contributed by atoms with Crippen molar-refractivity contribution in [1.82, 2.24) is 0 Å². The van der Waals surface area contributed by atoms with Gasteiger partial charge in [0.1, 0.15) is 11.7 Å². The Labute approximate surface area is 124 Å². The van der Waals surface area contributed by atoms with Crippen molar-refractivity contribution in [2.75, 3.05) is 17.7 Å². The molecule has 0 fully saturated rings. The number of carbonyl (C=O) groups excluding carboxylic acids is 2. The minimum absolute atomic E-state index is 0.295. The van der Waals surface area contributed by atoms with Gasteiger partial charge in [-0.05, 0) is 39.8 Å². The minimum atomic E-state index is -0.590. The summed E-state index contributed by atoms with van der Waals surface area (Å²) in [5.74, 6) is -0.295. The van der Waals surface area contributed by atoms with Crippen LogP contribution in [0.15, 0.2) is 24.3 Å². The van der Waals surface area contributed by atoms with Crippen molar-refractivity contribution in [2.24, 2.45) is 0 Å². The van der Waals surface area contributed by atoms with Gasteiger partial charge in [0.15, 0.2) is 0 Å². The van der Waals surface area contributed by atoms with Crippen LogP contribution in [0.1, 0.15) is 27.7 Å². The topological polar surface area (TPSA) is 76.7 Å². The van der Waals surface area contributed by atoms with E-state index < -0.39 is 17.8 Å². The lowest BCUT2D eigenvalue weighted by Crippen LogP contribution is -2.29. The summed E-state index contributed by atoms with van der Waals surface area (Å²) in [4.78, 5) is 23.6. The molecular formula is C15H22N2O4. The molecule has 0 aliphatic rings. The second-order valence-electron chi connectivity index (χ2n) is 5.54. The van der Waals surface area contributed by atoms with E-state index in [1.807, 2.05) is 0 Å². The Kier molecular flexibility index (Phi) is 5.72. The lowest BCUT2D eigenvalue weighted by molar-refractivity contribution is -0.124. The number of anilines is 2. The zero-order valence-corrected chi connectivity index (χ0v) is 13.0. The van der Waals surface area contributed by atoms with E-state index in [1.165, 1.54) is 7.11 Å². The fraction of sp³-hybridized carbons (Fsp3) is 0.467. The maximum Gasteiger partial charge on any atom is 0.412 e. The van der Waals surface area contributed by atoms with Gasteiger partial charge in [-0.3, -0.25) is 10.1 Å². The highest BCUT2D eigenvalue weighted by Gasteiger charge is 2.18. The Hall–Kier alpha value is -2.08. The molecule has 1 unspecified atom stereocenters. The van der Waals surface area contributed by atoms with E-state index in [-0.39, 0.29) is 5.91 Å². The van der Waals surface area contributed by atoms with Gasteiger partial charge in [0.05, 0.1) is 11.4 Å². The molecular weight excluding hydrogens is 272 g/mol. The van der Waals surface area contributed by atoms with Crippen LogP contribution in [0, 0.1) is 0 Å². The van der Waals surface area contributed by atoms with Crippen LogP contribution in [0.3, 0.4) is 0 Å². The first-order chi connectivity index (χ1) is 9.73. The lowest BCUT2D eigenvalue weighted by Gasteiger charge is -2.20. The van der Waals surface area contributed by atoms with Crippen LogP contribution >= 0.6 is 0 Å². The van der Waals surface area contributed by atoms with Crippen LogP contribution in [-0.2, 0) is 14.3 Å². The first kappa shape index (κ1) is 17.0. The van der Waals surface area contributed by atoms with E-state index in [1.54, 1.807) is 52.0 Å². The molecule has 2 amide bonds. The average Bonchev–Trinajstić information content (AvgIpc) is 2.37. The van der Waals surface area contributed by atoms with E-state index in [9.17, 15) is 9.59 Å². The Morgan fingerprint density at radius 1 is 1.10 bits per heavy atom. The van der Waals surface area contributed by atoms with Gasteiger partial charge in [0, 0.05) is 7.11 Å². The monoisotopic (exact) mass is 294 g/mol. The van der Waals surface area contributed by atoms with Gasteiger partial charge in [-0.25, -0.2) is 4.79 Å². The SMILES string of the molecule is COC(C)C(=O)Nc1ccccc1NC(=O)OC(C)(C)C. The maximum absolute atomic E-state index is 11.8. The average molecular weight is 294 g/mol. The standard InChI is InChI=1S/C15H22N2O4/c1-10(20-5)13(18)16-11-8-6-7-9-12(11)17-14(19)21-15(2,3)4/h6-10H,1-5H3,(H,16,18)(H,17,19). The largest absolute Gasteiger partial charge is 0.444 e. The Morgan fingerprint density at radius 2 is 1.62 bits per heavy atom. The van der Waals surface area contributed by atoms with E-state index in [2.05, 4.69) is 10.6 Å². The second-order valence-corrected chi connectivity index (χ2v) is 5.54. The third-order valence-electron chi connectivity index (χ3n) is 2.54. The third kappa shape index (κ3) is 5.83. The quantitative estimate of drug-likeness (QED) is 0.895. The number of carbonyl (C=O) groups is 2. The number of para-hydroxylation sites is 2. The molecule has 1 rings (SSSR count). The summed E-state index contributed by atoms with van der Waals surface area (Å²) in [7, 11) is 1.45. The molecule has 0 saturated carbocycles. The minimum Gasteiger partial charge on any atom is -0.444 e. The number of rotatable bonds is 4. The number of methoxy groups -OCH3 is 1. The summed E-state index contributed by atoms with van der Waals surface area (Å²) in [6.07, 6.45) is -1.16. The number of benzene rings is 1. The molecule has 0 spiro atoms. The van der Waals surface area contributed by atoms with Crippen molar-refractivity contribution in [3.05, 3.63) is 24.3 Å². The van der Waals surface area contributed by atoms with Gasteiger partial charge < -0.3 is 14.8 Å². The molecule has 0 aromatic heterocycles. The molecule has 0 bridgehead atoms. The molecule has 0 aliphatic carbocycles. The number of amides is 2. The van der Waals surface area contributed by atoms with Crippen molar-refractivity contribution in [1.29, 1.82) is 0 Å². The van der Waals surface area contributed by atoms with E-state index in [0.29, 0.717) is 11.4 Å². The van der Waals surface area contributed by atoms with Crippen LogP contribution in [-0.4, -0.2) is 30.8 Å². The van der Waals surface area contributed by atoms with Crippen molar-refractivity contribution in [3.63, 3.8) is 0 Å². The molecule has 0 aliphatic heterocycles. The highest BCUT2D eigenvalue weighted by atomic mass is 16.6. The van der Waals surface area contributed by atoms with Gasteiger partial charge in [0.25, 0.3) is 5.91 Å². The first-order valence-electron chi connectivity index (χ1n) is 6.65. The van der Waals surface area contributed by atoms with E-state index in [0.717, 1.165) is 0 Å². The van der Waals surface area contributed by atoms with Gasteiger partial charge in [-0.2, -0.15) is 0 Å². The number of ether oxygens (including phenoxy) is 2. The normalized spacial score (nSPS) is 12.4. The smallest absolute Gasteiger partial charge is 0.412 e. The highest BCUT2D eigenvalue weighted by molar-refractivity contribution is 5.99. The Balaban J connectivity index is 2.80. The molecule has 0 radical (unpaired) electrons. The van der Waals surface area contributed by atoms with Gasteiger partial charge in [-0.15, -0.1) is 0 Å². The fourth-order valence-corrected chi connectivity index (χ4v) is 1.46. The maximum atomic E-state index is 11.8. The molecule has 6 heteroatoms.